The smallest absolute Gasteiger partial charge is 0.0642 e. The first-order valence-corrected chi connectivity index (χ1v) is 6.50. The lowest BCUT2D eigenvalue weighted by Gasteiger charge is -2.31. The number of hydrogen-bond donors (Lipinski definition) is 1. The Kier molecular flexibility index (Phi) is 4.84. The van der Waals surface area contributed by atoms with Gasteiger partial charge in [0.2, 0.25) is 0 Å². The van der Waals surface area contributed by atoms with Crippen molar-refractivity contribution < 1.29 is 0 Å². The molecular weight excluding hydrogens is 232 g/mol. The minimum atomic E-state index is 0.0226. The molecule has 2 nitrogen and oxygen atoms in total. The van der Waals surface area contributed by atoms with E-state index in [-0.39, 0.29) is 6.04 Å². The van der Waals surface area contributed by atoms with Gasteiger partial charge in [-0.15, -0.1) is 0 Å². The number of rotatable bonds is 4. The van der Waals surface area contributed by atoms with E-state index in [1.54, 1.807) is 0 Å². The van der Waals surface area contributed by atoms with Gasteiger partial charge in [-0.3, -0.25) is 0 Å². The highest BCUT2D eigenvalue weighted by Gasteiger charge is 2.16. The molecule has 96 valence electrons. The second kappa shape index (κ2) is 5.74. The van der Waals surface area contributed by atoms with Crippen molar-refractivity contribution in [3.8, 4) is 0 Å². The summed E-state index contributed by atoms with van der Waals surface area (Å²) in [6, 6.07) is 6.54. The average Bonchev–Trinajstić information content (AvgIpc) is 2.26. The molecule has 0 heterocycles. The molecule has 0 fully saturated rings. The van der Waals surface area contributed by atoms with Gasteiger partial charge in [0.15, 0.2) is 0 Å². The van der Waals surface area contributed by atoms with Crippen molar-refractivity contribution in [3.63, 3.8) is 0 Å². The first-order chi connectivity index (χ1) is 7.84. The summed E-state index contributed by atoms with van der Waals surface area (Å²) in [7, 11) is 2.08. The third-order valence-corrected chi connectivity index (χ3v) is 3.76. The van der Waals surface area contributed by atoms with E-state index in [4.69, 9.17) is 17.3 Å². The average molecular weight is 255 g/mol. The Morgan fingerprint density at radius 3 is 2.18 bits per heavy atom. The first-order valence-electron chi connectivity index (χ1n) is 6.12. The van der Waals surface area contributed by atoms with Crippen LogP contribution in [0.5, 0.6) is 0 Å². The van der Waals surface area contributed by atoms with E-state index in [1.165, 1.54) is 0 Å². The van der Waals surface area contributed by atoms with Crippen LogP contribution < -0.4 is 10.6 Å². The van der Waals surface area contributed by atoms with Gasteiger partial charge in [0.1, 0.15) is 0 Å². The molecule has 0 aliphatic carbocycles. The van der Waals surface area contributed by atoms with Gasteiger partial charge in [-0.2, -0.15) is 0 Å². The summed E-state index contributed by atoms with van der Waals surface area (Å²) in [5, 5.41) is 0.773. The van der Waals surface area contributed by atoms with E-state index < -0.39 is 0 Å². The molecule has 1 rings (SSSR count). The maximum atomic E-state index is 6.32. The van der Waals surface area contributed by atoms with E-state index in [1.807, 2.05) is 13.0 Å². The number of nitrogens with two attached hydrogens (primary N) is 1. The van der Waals surface area contributed by atoms with Crippen LogP contribution in [0.15, 0.2) is 18.2 Å². The third-order valence-electron chi connectivity index (χ3n) is 3.45. The largest absolute Gasteiger partial charge is 0.370 e. The summed E-state index contributed by atoms with van der Waals surface area (Å²) in [6.45, 7) is 8.60. The lowest BCUT2D eigenvalue weighted by Crippen LogP contribution is -2.33. The predicted octanol–water partition coefficient (Wildman–Crippen LogP) is 3.84. The van der Waals surface area contributed by atoms with Crippen LogP contribution in [0.4, 0.5) is 5.69 Å². The SMILES string of the molecule is CC(C)C(C)N(C)c1ccc([C@H](C)N)cc1Cl. The maximum absolute atomic E-state index is 6.32. The summed E-state index contributed by atoms with van der Waals surface area (Å²) >= 11 is 6.32. The standard InChI is InChI=1S/C14H23ClN2/c1-9(2)11(4)17(5)14-7-6-12(10(3)16)8-13(14)15/h6-11H,16H2,1-5H3/t10-,11?/m0/s1. The first kappa shape index (κ1) is 14.3. The number of anilines is 1. The van der Waals surface area contributed by atoms with E-state index in [0.29, 0.717) is 12.0 Å². The topological polar surface area (TPSA) is 29.3 Å². The fourth-order valence-electron chi connectivity index (χ4n) is 1.76. The Morgan fingerprint density at radius 2 is 1.76 bits per heavy atom. The van der Waals surface area contributed by atoms with Gasteiger partial charge in [0.25, 0.3) is 0 Å². The highest BCUT2D eigenvalue weighted by molar-refractivity contribution is 6.33. The number of nitrogens with zero attached hydrogens (tertiary/aromatic N) is 1. The molecule has 0 spiro atoms. The van der Waals surface area contributed by atoms with Gasteiger partial charge in [0.05, 0.1) is 10.7 Å². The Morgan fingerprint density at radius 1 is 1.18 bits per heavy atom. The molecule has 2 atom stereocenters. The van der Waals surface area contributed by atoms with Gasteiger partial charge < -0.3 is 10.6 Å². The van der Waals surface area contributed by atoms with Crippen molar-refractivity contribution >= 4 is 17.3 Å². The van der Waals surface area contributed by atoms with E-state index in [2.05, 4.69) is 44.9 Å². The Hall–Kier alpha value is -0.730. The zero-order valence-electron chi connectivity index (χ0n) is 11.4. The van der Waals surface area contributed by atoms with Crippen molar-refractivity contribution in [2.45, 2.75) is 39.8 Å². The molecule has 0 aromatic heterocycles. The van der Waals surface area contributed by atoms with Gasteiger partial charge in [-0.25, -0.2) is 0 Å². The zero-order valence-corrected chi connectivity index (χ0v) is 12.1. The highest BCUT2D eigenvalue weighted by atomic mass is 35.5. The quantitative estimate of drug-likeness (QED) is 0.885. The van der Waals surface area contributed by atoms with Crippen LogP contribution in [0.25, 0.3) is 0 Å². The molecule has 3 heteroatoms. The number of hydrogen-bond acceptors (Lipinski definition) is 2. The van der Waals surface area contributed by atoms with Crippen LogP contribution in [0.2, 0.25) is 5.02 Å². The molecule has 0 bridgehead atoms. The Balaban J connectivity index is 2.99. The molecule has 0 amide bonds. The molecule has 2 N–H and O–H groups in total. The summed E-state index contributed by atoms with van der Waals surface area (Å²) < 4.78 is 0. The monoisotopic (exact) mass is 254 g/mol. The molecule has 0 saturated carbocycles. The zero-order chi connectivity index (χ0) is 13.2. The number of halogens is 1. The molecule has 1 aromatic rings. The van der Waals surface area contributed by atoms with Gasteiger partial charge >= 0.3 is 0 Å². The van der Waals surface area contributed by atoms with Crippen molar-refractivity contribution in [1.82, 2.24) is 0 Å². The molecule has 0 radical (unpaired) electrons. The summed E-state index contributed by atoms with van der Waals surface area (Å²) in [6.07, 6.45) is 0. The molecule has 0 saturated heterocycles. The summed E-state index contributed by atoms with van der Waals surface area (Å²) in [5.74, 6) is 0.587. The van der Waals surface area contributed by atoms with Crippen LogP contribution in [-0.2, 0) is 0 Å². The summed E-state index contributed by atoms with van der Waals surface area (Å²) in [5.41, 5.74) is 7.98. The van der Waals surface area contributed by atoms with Crippen molar-refractivity contribution in [3.05, 3.63) is 28.8 Å². The van der Waals surface area contributed by atoms with Crippen molar-refractivity contribution in [1.29, 1.82) is 0 Å². The van der Waals surface area contributed by atoms with E-state index >= 15 is 0 Å². The second-order valence-electron chi connectivity index (χ2n) is 5.10. The molecule has 17 heavy (non-hydrogen) atoms. The van der Waals surface area contributed by atoms with E-state index in [9.17, 15) is 0 Å². The lowest BCUT2D eigenvalue weighted by atomic mass is 10.0. The molecule has 1 aromatic carbocycles. The summed E-state index contributed by atoms with van der Waals surface area (Å²) in [4.78, 5) is 2.22. The van der Waals surface area contributed by atoms with Gasteiger partial charge in [0, 0.05) is 19.1 Å². The Labute approximate surface area is 110 Å². The minimum Gasteiger partial charge on any atom is -0.370 e. The Bertz CT molecular complexity index is 374. The fourth-order valence-corrected chi connectivity index (χ4v) is 2.08. The highest BCUT2D eigenvalue weighted by Crippen LogP contribution is 2.30. The van der Waals surface area contributed by atoms with Crippen LogP contribution in [0.1, 0.15) is 39.3 Å². The van der Waals surface area contributed by atoms with Gasteiger partial charge in [-0.1, -0.05) is 31.5 Å². The fraction of sp³-hybridized carbons (Fsp3) is 0.571. The van der Waals surface area contributed by atoms with Crippen LogP contribution in [-0.4, -0.2) is 13.1 Å². The second-order valence-corrected chi connectivity index (χ2v) is 5.50. The van der Waals surface area contributed by atoms with Crippen LogP contribution >= 0.6 is 11.6 Å². The van der Waals surface area contributed by atoms with E-state index in [0.717, 1.165) is 16.3 Å². The van der Waals surface area contributed by atoms with Crippen LogP contribution in [0, 0.1) is 5.92 Å². The normalized spacial score (nSPS) is 14.8. The molecule has 0 aliphatic heterocycles. The molecular formula is C14H23ClN2. The maximum Gasteiger partial charge on any atom is 0.0642 e. The number of benzene rings is 1. The van der Waals surface area contributed by atoms with Crippen molar-refractivity contribution in [2.24, 2.45) is 11.7 Å². The predicted molar refractivity (Wildman–Crippen MR) is 76.8 cm³/mol. The molecule has 1 unspecified atom stereocenters. The molecule has 0 aliphatic rings. The van der Waals surface area contributed by atoms with Crippen LogP contribution in [0.3, 0.4) is 0 Å². The lowest BCUT2D eigenvalue weighted by molar-refractivity contribution is 0.505. The van der Waals surface area contributed by atoms with Gasteiger partial charge in [-0.05, 0) is 37.5 Å². The minimum absolute atomic E-state index is 0.0226. The van der Waals surface area contributed by atoms with Crippen molar-refractivity contribution in [2.75, 3.05) is 11.9 Å². The third kappa shape index (κ3) is 3.36.